The van der Waals surface area contributed by atoms with Crippen LogP contribution in [0.3, 0.4) is 0 Å². The van der Waals surface area contributed by atoms with E-state index < -0.39 is 6.04 Å². The summed E-state index contributed by atoms with van der Waals surface area (Å²) in [7, 11) is 0. The number of carbonyl (C=O) groups excluding carboxylic acids is 1. The highest BCUT2D eigenvalue weighted by atomic mass is 16.3. The summed E-state index contributed by atoms with van der Waals surface area (Å²) in [6, 6.07) is 6.20. The first kappa shape index (κ1) is 14.5. The Morgan fingerprint density at radius 2 is 2.00 bits per heavy atom. The Morgan fingerprint density at radius 3 is 2.56 bits per heavy atom. The largest absolute Gasteiger partial charge is 0.508 e. The van der Waals surface area contributed by atoms with Crippen molar-refractivity contribution in [2.24, 2.45) is 11.7 Å². The maximum absolute atomic E-state index is 11.7. The van der Waals surface area contributed by atoms with E-state index in [1.165, 1.54) is 0 Å². The van der Waals surface area contributed by atoms with Crippen LogP contribution in [0.25, 0.3) is 0 Å². The number of nitrogens with one attached hydrogen (secondary N) is 1. The fourth-order valence-corrected chi connectivity index (χ4v) is 1.53. The first-order valence-corrected chi connectivity index (χ1v) is 6.34. The van der Waals surface area contributed by atoms with Crippen molar-refractivity contribution in [1.82, 2.24) is 5.32 Å². The number of phenols is 1. The van der Waals surface area contributed by atoms with Gasteiger partial charge in [-0.1, -0.05) is 32.4 Å². The van der Waals surface area contributed by atoms with Gasteiger partial charge in [0.25, 0.3) is 0 Å². The molecule has 0 aliphatic heterocycles. The molecule has 1 aromatic rings. The molecule has 4 nitrogen and oxygen atoms in total. The molecule has 4 heteroatoms. The summed E-state index contributed by atoms with van der Waals surface area (Å²) in [4.78, 5) is 11.7. The maximum atomic E-state index is 11.7. The van der Waals surface area contributed by atoms with Gasteiger partial charge in [-0.15, -0.1) is 0 Å². The molecule has 0 saturated carbocycles. The van der Waals surface area contributed by atoms with Gasteiger partial charge in [-0.3, -0.25) is 4.79 Å². The number of hydrogen-bond donors (Lipinski definition) is 3. The average molecular weight is 250 g/mol. The number of hydrogen-bond acceptors (Lipinski definition) is 3. The van der Waals surface area contributed by atoms with Crippen LogP contribution in [0.4, 0.5) is 0 Å². The number of benzene rings is 1. The van der Waals surface area contributed by atoms with E-state index >= 15 is 0 Å². The monoisotopic (exact) mass is 250 g/mol. The SMILES string of the molecule is CCC(C)CNC(=O)[C@H](N)Cc1ccc(O)cc1. The van der Waals surface area contributed by atoms with Crippen molar-refractivity contribution < 1.29 is 9.90 Å². The third-order valence-electron chi connectivity index (χ3n) is 3.05. The van der Waals surface area contributed by atoms with Crippen LogP contribution >= 0.6 is 0 Å². The second-order valence-corrected chi connectivity index (χ2v) is 4.74. The fraction of sp³-hybridized carbons (Fsp3) is 0.500. The minimum Gasteiger partial charge on any atom is -0.508 e. The highest BCUT2D eigenvalue weighted by molar-refractivity contribution is 5.81. The lowest BCUT2D eigenvalue weighted by molar-refractivity contribution is -0.122. The molecule has 0 saturated heterocycles. The number of amides is 1. The van der Waals surface area contributed by atoms with Gasteiger partial charge in [-0.2, -0.15) is 0 Å². The predicted octanol–water partition coefficient (Wildman–Crippen LogP) is 1.42. The molecule has 0 fully saturated rings. The van der Waals surface area contributed by atoms with Crippen LogP contribution in [-0.2, 0) is 11.2 Å². The normalized spacial score (nSPS) is 13.9. The average Bonchev–Trinajstić information content (AvgIpc) is 2.38. The molecule has 100 valence electrons. The van der Waals surface area contributed by atoms with E-state index in [-0.39, 0.29) is 11.7 Å². The van der Waals surface area contributed by atoms with Crippen LogP contribution < -0.4 is 11.1 Å². The molecular formula is C14H22N2O2. The standard InChI is InChI=1S/C14H22N2O2/c1-3-10(2)9-16-14(18)13(15)8-11-4-6-12(17)7-5-11/h4-7,10,13,17H,3,8-9,15H2,1-2H3,(H,16,18)/t10?,13-/m1/s1. The Morgan fingerprint density at radius 1 is 1.39 bits per heavy atom. The molecule has 2 atom stereocenters. The summed E-state index contributed by atoms with van der Waals surface area (Å²) < 4.78 is 0. The molecule has 0 aromatic heterocycles. The zero-order valence-corrected chi connectivity index (χ0v) is 11.0. The fourth-order valence-electron chi connectivity index (χ4n) is 1.53. The minimum absolute atomic E-state index is 0.122. The maximum Gasteiger partial charge on any atom is 0.237 e. The third-order valence-corrected chi connectivity index (χ3v) is 3.05. The second kappa shape index (κ2) is 7.01. The van der Waals surface area contributed by atoms with Gasteiger partial charge in [-0.05, 0) is 30.0 Å². The van der Waals surface area contributed by atoms with E-state index in [2.05, 4.69) is 19.2 Å². The summed E-state index contributed by atoms with van der Waals surface area (Å²) in [6.45, 7) is 4.84. The van der Waals surface area contributed by atoms with Gasteiger partial charge in [0.15, 0.2) is 0 Å². The summed E-state index contributed by atoms with van der Waals surface area (Å²) in [5, 5.41) is 12.0. The van der Waals surface area contributed by atoms with Crippen LogP contribution in [0.15, 0.2) is 24.3 Å². The van der Waals surface area contributed by atoms with Gasteiger partial charge in [0.05, 0.1) is 6.04 Å². The highest BCUT2D eigenvalue weighted by Gasteiger charge is 2.14. The lowest BCUT2D eigenvalue weighted by atomic mass is 10.1. The van der Waals surface area contributed by atoms with Gasteiger partial charge >= 0.3 is 0 Å². The molecular weight excluding hydrogens is 228 g/mol. The molecule has 0 bridgehead atoms. The van der Waals surface area contributed by atoms with E-state index in [0.717, 1.165) is 12.0 Å². The Balaban J connectivity index is 2.42. The van der Waals surface area contributed by atoms with Crippen LogP contribution in [0.5, 0.6) is 5.75 Å². The van der Waals surface area contributed by atoms with Crippen molar-refractivity contribution in [2.75, 3.05) is 6.54 Å². The van der Waals surface area contributed by atoms with Gasteiger partial charge in [0.2, 0.25) is 5.91 Å². The number of carbonyl (C=O) groups is 1. The van der Waals surface area contributed by atoms with Crippen LogP contribution in [0, 0.1) is 5.92 Å². The van der Waals surface area contributed by atoms with Crippen LogP contribution in [0.2, 0.25) is 0 Å². The van der Waals surface area contributed by atoms with Crippen molar-refractivity contribution in [3.8, 4) is 5.75 Å². The Kier molecular flexibility index (Phi) is 5.65. The Labute approximate surface area is 108 Å². The lowest BCUT2D eigenvalue weighted by Crippen LogP contribution is -2.43. The molecule has 1 aromatic carbocycles. The summed E-state index contributed by atoms with van der Waals surface area (Å²) in [6.07, 6.45) is 1.51. The smallest absolute Gasteiger partial charge is 0.237 e. The van der Waals surface area contributed by atoms with E-state index in [1.54, 1.807) is 24.3 Å². The van der Waals surface area contributed by atoms with E-state index in [0.29, 0.717) is 18.9 Å². The van der Waals surface area contributed by atoms with E-state index in [9.17, 15) is 4.79 Å². The lowest BCUT2D eigenvalue weighted by Gasteiger charge is -2.14. The minimum atomic E-state index is -0.543. The summed E-state index contributed by atoms with van der Waals surface area (Å²) in [5.41, 5.74) is 6.78. The van der Waals surface area contributed by atoms with E-state index in [4.69, 9.17) is 10.8 Å². The summed E-state index contributed by atoms with van der Waals surface area (Å²) in [5.74, 6) is 0.562. The predicted molar refractivity (Wildman–Crippen MR) is 72.3 cm³/mol. The van der Waals surface area contributed by atoms with Crippen molar-refractivity contribution in [2.45, 2.75) is 32.7 Å². The second-order valence-electron chi connectivity index (χ2n) is 4.74. The van der Waals surface area contributed by atoms with Crippen molar-refractivity contribution in [3.63, 3.8) is 0 Å². The third kappa shape index (κ3) is 4.75. The van der Waals surface area contributed by atoms with E-state index in [1.807, 2.05) is 0 Å². The first-order chi connectivity index (χ1) is 8.52. The molecule has 18 heavy (non-hydrogen) atoms. The molecule has 1 unspecified atom stereocenters. The molecule has 1 amide bonds. The zero-order valence-electron chi connectivity index (χ0n) is 11.0. The number of nitrogens with two attached hydrogens (primary N) is 1. The van der Waals surface area contributed by atoms with Gasteiger partial charge in [0, 0.05) is 6.54 Å². The number of rotatable bonds is 6. The topological polar surface area (TPSA) is 75.4 Å². The summed E-state index contributed by atoms with van der Waals surface area (Å²) >= 11 is 0. The number of phenolic OH excluding ortho intramolecular Hbond substituents is 1. The molecule has 0 spiro atoms. The van der Waals surface area contributed by atoms with Gasteiger partial charge in [0.1, 0.15) is 5.75 Å². The van der Waals surface area contributed by atoms with Crippen LogP contribution in [-0.4, -0.2) is 23.6 Å². The number of aromatic hydroxyl groups is 1. The van der Waals surface area contributed by atoms with Crippen LogP contribution in [0.1, 0.15) is 25.8 Å². The highest BCUT2D eigenvalue weighted by Crippen LogP contribution is 2.10. The first-order valence-electron chi connectivity index (χ1n) is 6.34. The van der Waals surface area contributed by atoms with Crippen molar-refractivity contribution in [1.29, 1.82) is 0 Å². The molecule has 4 N–H and O–H groups in total. The molecule has 0 heterocycles. The Bertz CT molecular complexity index is 376. The van der Waals surface area contributed by atoms with Crippen molar-refractivity contribution >= 4 is 5.91 Å². The quantitative estimate of drug-likeness (QED) is 0.715. The zero-order chi connectivity index (χ0) is 13.5. The van der Waals surface area contributed by atoms with Crippen molar-refractivity contribution in [3.05, 3.63) is 29.8 Å². The van der Waals surface area contributed by atoms with Gasteiger partial charge in [-0.25, -0.2) is 0 Å². The Hall–Kier alpha value is -1.55. The molecule has 1 rings (SSSR count). The molecule has 0 aliphatic rings. The molecule has 0 aliphatic carbocycles. The van der Waals surface area contributed by atoms with Gasteiger partial charge < -0.3 is 16.2 Å². The molecule has 0 radical (unpaired) electrons.